The summed E-state index contributed by atoms with van der Waals surface area (Å²) in [5.74, 6) is 1.87. The molecule has 0 aliphatic heterocycles. The molecular weight excluding hydrogens is 206 g/mol. The summed E-state index contributed by atoms with van der Waals surface area (Å²) in [7, 11) is 0. The van der Waals surface area contributed by atoms with Gasteiger partial charge >= 0.3 is 0 Å². The lowest BCUT2D eigenvalue weighted by atomic mass is 10.2. The number of carbonyl (C=O) groups is 1. The minimum Gasteiger partial charge on any atom is -0.293 e. The fourth-order valence-electron chi connectivity index (χ4n) is 1.09. The lowest BCUT2D eigenvalue weighted by molar-refractivity contribution is 0.101. The predicted octanol–water partition coefficient (Wildman–Crippen LogP) is 3.42. The first-order valence-electron chi connectivity index (χ1n) is 5.19. The molecule has 0 unspecified atom stereocenters. The highest BCUT2D eigenvalue weighted by atomic mass is 32.2. The molecule has 0 aliphatic rings. The van der Waals surface area contributed by atoms with E-state index in [1.807, 2.05) is 6.07 Å². The molecule has 0 saturated heterocycles. The zero-order valence-electron chi connectivity index (χ0n) is 9.49. The van der Waals surface area contributed by atoms with Gasteiger partial charge < -0.3 is 0 Å². The first-order valence-corrected chi connectivity index (χ1v) is 6.18. The minimum atomic E-state index is 0.0220. The molecule has 0 amide bonds. The number of nitrogens with zero attached hydrogens (tertiary/aromatic N) is 1. The Morgan fingerprint density at radius 1 is 1.47 bits per heavy atom. The number of Topliss-reactive ketones (excluding diaryl/α,β-unsaturated/α-hetero) is 1. The Morgan fingerprint density at radius 2 is 2.20 bits per heavy atom. The number of hydrogen-bond donors (Lipinski definition) is 0. The molecule has 0 bridgehead atoms. The van der Waals surface area contributed by atoms with Crippen LogP contribution in [0.2, 0.25) is 0 Å². The van der Waals surface area contributed by atoms with Crippen molar-refractivity contribution in [3.8, 4) is 0 Å². The molecule has 1 aromatic rings. The summed E-state index contributed by atoms with van der Waals surface area (Å²) in [6.07, 6.45) is 2.99. The van der Waals surface area contributed by atoms with Crippen molar-refractivity contribution in [2.24, 2.45) is 5.92 Å². The highest BCUT2D eigenvalue weighted by Crippen LogP contribution is 2.19. The first kappa shape index (κ1) is 12.2. The maximum absolute atomic E-state index is 11.0. The van der Waals surface area contributed by atoms with Crippen LogP contribution in [-0.2, 0) is 0 Å². The van der Waals surface area contributed by atoms with Crippen molar-refractivity contribution in [1.29, 1.82) is 0 Å². The average Bonchev–Trinajstić information content (AvgIpc) is 2.18. The SMILES string of the molecule is CC(=O)c1ccc(SCCC(C)C)cn1. The summed E-state index contributed by atoms with van der Waals surface area (Å²) in [6, 6.07) is 3.76. The first-order chi connectivity index (χ1) is 7.09. The van der Waals surface area contributed by atoms with Gasteiger partial charge in [-0.1, -0.05) is 13.8 Å². The molecule has 3 heteroatoms. The van der Waals surface area contributed by atoms with Crippen LogP contribution in [0.3, 0.4) is 0 Å². The van der Waals surface area contributed by atoms with Crippen LogP contribution in [-0.4, -0.2) is 16.5 Å². The Hall–Kier alpha value is -0.830. The second-order valence-electron chi connectivity index (χ2n) is 3.97. The number of hydrogen-bond acceptors (Lipinski definition) is 3. The van der Waals surface area contributed by atoms with E-state index in [1.54, 1.807) is 24.0 Å². The van der Waals surface area contributed by atoms with E-state index in [0.717, 1.165) is 16.6 Å². The Morgan fingerprint density at radius 3 is 2.67 bits per heavy atom. The van der Waals surface area contributed by atoms with Gasteiger partial charge in [0.25, 0.3) is 0 Å². The molecule has 1 heterocycles. The van der Waals surface area contributed by atoms with Crippen molar-refractivity contribution in [3.63, 3.8) is 0 Å². The fourth-order valence-corrected chi connectivity index (χ4v) is 2.20. The molecule has 2 nitrogen and oxygen atoms in total. The third-order valence-corrected chi connectivity index (χ3v) is 3.08. The number of pyridine rings is 1. The molecule has 0 aliphatic carbocycles. The van der Waals surface area contributed by atoms with Crippen LogP contribution in [0.1, 0.15) is 37.7 Å². The lowest BCUT2D eigenvalue weighted by Crippen LogP contribution is -1.95. The normalized spacial score (nSPS) is 10.7. The molecule has 0 spiro atoms. The minimum absolute atomic E-state index is 0.0220. The Bertz CT molecular complexity index is 319. The van der Waals surface area contributed by atoms with Gasteiger partial charge in [0, 0.05) is 18.0 Å². The molecule has 0 saturated carbocycles. The molecule has 82 valence electrons. The van der Waals surface area contributed by atoms with Crippen LogP contribution in [0.25, 0.3) is 0 Å². The van der Waals surface area contributed by atoms with E-state index >= 15 is 0 Å². The van der Waals surface area contributed by atoms with E-state index < -0.39 is 0 Å². The van der Waals surface area contributed by atoms with Gasteiger partial charge in [0.05, 0.1) is 0 Å². The van der Waals surface area contributed by atoms with Crippen LogP contribution < -0.4 is 0 Å². The second kappa shape index (κ2) is 5.91. The van der Waals surface area contributed by atoms with Crippen LogP contribution >= 0.6 is 11.8 Å². The van der Waals surface area contributed by atoms with Crippen molar-refractivity contribution >= 4 is 17.5 Å². The monoisotopic (exact) mass is 223 g/mol. The zero-order chi connectivity index (χ0) is 11.3. The van der Waals surface area contributed by atoms with Gasteiger partial charge in [-0.05, 0) is 30.2 Å². The number of ketones is 1. The number of carbonyl (C=O) groups excluding carboxylic acids is 1. The van der Waals surface area contributed by atoms with Gasteiger partial charge in [0.1, 0.15) is 5.69 Å². The van der Waals surface area contributed by atoms with Crippen molar-refractivity contribution in [2.75, 3.05) is 5.75 Å². The van der Waals surface area contributed by atoms with Crippen molar-refractivity contribution < 1.29 is 4.79 Å². The van der Waals surface area contributed by atoms with Crippen LogP contribution in [0, 0.1) is 5.92 Å². The predicted molar refractivity (Wildman–Crippen MR) is 64.4 cm³/mol. The van der Waals surface area contributed by atoms with E-state index in [0.29, 0.717) is 5.69 Å². The van der Waals surface area contributed by atoms with Crippen LogP contribution in [0.4, 0.5) is 0 Å². The van der Waals surface area contributed by atoms with E-state index in [1.165, 1.54) is 13.3 Å². The third kappa shape index (κ3) is 4.47. The number of thioether (sulfide) groups is 1. The quantitative estimate of drug-likeness (QED) is 0.566. The van der Waals surface area contributed by atoms with E-state index in [9.17, 15) is 4.79 Å². The average molecular weight is 223 g/mol. The second-order valence-corrected chi connectivity index (χ2v) is 5.13. The lowest BCUT2D eigenvalue weighted by Gasteiger charge is -2.04. The van der Waals surface area contributed by atoms with E-state index in [2.05, 4.69) is 18.8 Å². The largest absolute Gasteiger partial charge is 0.293 e. The highest BCUT2D eigenvalue weighted by molar-refractivity contribution is 7.99. The van der Waals surface area contributed by atoms with Gasteiger partial charge in [-0.3, -0.25) is 9.78 Å². The molecule has 1 aromatic heterocycles. The van der Waals surface area contributed by atoms with E-state index in [-0.39, 0.29) is 5.78 Å². The highest BCUT2D eigenvalue weighted by Gasteiger charge is 2.01. The third-order valence-electron chi connectivity index (χ3n) is 2.06. The molecule has 1 rings (SSSR count). The standard InChI is InChI=1S/C12H17NOS/c1-9(2)6-7-15-11-4-5-12(10(3)14)13-8-11/h4-5,8-9H,6-7H2,1-3H3. The molecule has 0 radical (unpaired) electrons. The summed E-state index contributed by atoms with van der Waals surface area (Å²) in [5, 5.41) is 0. The van der Waals surface area contributed by atoms with Crippen LogP contribution in [0.5, 0.6) is 0 Å². The molecular formula is C12H17NOS. The van der Waals surface area contributed by atoms with E-state index in [4.69, 9.17) is 0 Å². The zero-order valence-corrected chi connectivity index (χ0v) is 10.3. The topological polar surface area (TPSA) is 30.0 Å². The van der Waals surface area contributed by atoms with Crippen LogP contribution in [0.15, 0.2) is 23.2 Å². The number of aromatic nitrogens is 1. The Labute approximate surface area is 95.5 Å². The van der Waals surface area contributed by atoms with Crippen molar-refractivity contribution in [3.05, 3.63) is 24.0 Å². The molecule has 0 N–H and O–H groups in total. The van der Waals surface area contributed by atoms with Gasteiger partial charge in [-0.25, -0.2) is 0 Å². The summed E-state index contributed by atoms with van der Waals surface area (Å²) >= 11 is 1.80. The summed E-state index contributed by atoms with van der Waals surface area (Å²) in [6.45, 7) is 5.98. The summed E-state index contributed by atoms with van der Waals surface area (Å²) in [4.78, 5) is 16.2. The van der Waals surface area contributed by atoms with Gasteiger partial charge in [0.2, 0.25) is 0 Å². The van der Waals surface area contributed by atoms with Gasteiger partial charge in [0.15, 0.2) is 5.78 Å². The molecule has 0 atom stereocenters. The number of rotatable bonds is 5. The maximum atomic E-state index is 11.0. The summed E-state index contributed by atoms with van der Waals surface area (Å²) < 4.78 is 0. The Balaban J connectivity index is 2.46. The fraction of sp³-hybridized carbons (Fsp3) is 0.500. The molecule has 0 aromatic carbocycles. The maximum Gasteiger partial charge on any atom is 0.178 e. The van der Waals surface area contributed by atoms with Gasteiger partial charge in [-0.15, -0.1) is 11.8 Å². The summed E-state index contributed by atoms with van der Waals surface area (Å²) in [5.41, 5.74) is 0.545. The Kier molecular flexibility index (Phi) is 4.82. The van der Waals surface area contributed by atoms with Crippen molar-refractivity contribution in [1.82, 2.24) is 4.98 Å². The smallest absolute Gasteiger partial charge is 0.178 e. The molecule has 15 heavy (non-hydrogen) atoms. The molecule has 0 fully saturated rings. The van der Waals surface area contributed by atoms with Gasteiger partial charge in [-0.2, -0.15) is 0 Å². The van der Waals surface area contributed by atoms with Crippen molar-refractivity contribution in [2.45, 2.75) is 32.1 Å².